The fourth-order valence-corrected chi connectivity index (χ4v) is 1.61. The molecule has 0 aliphatic carbocycles. The Morgan fingerprint density at radius 1 is 1.31 bits per heavy atom. The molecule has 1 N–H and O–H groups in total. The summed E-state index contributed by atoms with van der Waals surface area (Å²) in [4.78, 5) is 10.5. The van der Waals surface area contributed by atoms with Crippen LogP contribution in [0.3, 0.4) is 0 Å². The number of rotatable bonds is 5. The standard InChI is InChI=1S/C14H18O2/c1-3-4-12(9-10-14(15)16)13-7-5-11(2)6-8-13/h5-9H,3-4,10H2,1-2H3,(H,15,16)/b12-9+. The summed E-state index contributed by atoms with van der Waals surface area (Å²) >= 11 is 0. The Morgan fingerprint density at radius 3 is 2.44 bits per heavy atom. The largest absolute Gasteiger partial charge is 0.481 e. The summed E-state index contributed by atoms with van der Waals surface area (Å²) < 4.78 is 0. The normalized spacial score (nSPS) is 11.5. The lowest BCUT2D eigenvalue weighted by Gasteiger charge is -2.06. The average molecular weight is 218 g/mol. The van der Waals surface area contributed by atoms with Crippen LogP contribution < -0.4 is 0 Å². The van der Waals surface area contributed by atoms with Gasteiger partial charge in [-0.1, -0.05) is 49.2 Å². The van der Waals surface area contributed by atoms with Crippen LogP contribution in [0.5, 0.6) is 0 Å². The van der Waals surface area contributed by atoms with Crippen molar-refractivity contribution in [3.8, 4) is 0 Å². The molecule has 1 aromatic rings. The van der Waals surface area contributed by atoms with Crippen molar-refractivity contribution in [3.63, 3.8) is 0 Å². The second-order valence-electron chi connectivity index (χ2n) is 3.94. The van der Waals surface area contributed by atoms with Gasteiger partial charge in [-0.15, -0.1) is 0 Å². The second-order valence-corrected chi connectivity index (χ2v) is 3.94. The Kier molecular flexibility index (Phi) is 4.77. The van der Waals surface area contributed by atoms with Crippen LogP contribution in [0.4, 0.5) is 0 Å². The molecule has 0 saturated carbocycles. The Labute approximate surface area is 96.6 Å². The molecule has 0 saturated heterocycles. The zero-order chi connectivity index (χ0) is 12.0. The number of benzene rings is 1. The molecule has 1 aromatic carbocycles. The van der Waals surface area contributed by atoms with Crippen LogP contribution >= 0.6 is 0 Å². The number of allylic oxidation sites excluding steroid dienone is 1. The Balaban J connectivity index is 2.88. The summed E-state index contributed by atoms with van der Waals surface area (Å²) in [6.45, 7) is 4.15. The van der Waals surface area contributed by atoms with Gasteiger partial charge in [-0.2, -0.15) is 0 Å². The van der Waals surface area contributed by atoms with E-state index in [-0.39, 0.29) is 6.42 Å². The highest BCUT2D eigenvalue weighted by atomic mass is 16.4. The third kappa shape index (κ3) is 3.89. The quantitative estimate of drug-likeness (QED) is 0.819. The molecule has 1 rings (SSSR count). The van der Waals surface area contributed by atoms with Gasteiger partial charge in [0, 0.05) is 0 Å². The van der Waals surface area contributed by atoms with E-state index in [4.69, 9.17) is 5.11 Å². The molecule has 0 unspecified atom stereocenters. The Bertz CT molecular complexity index is 374. The van der Waals surface area contributed by atoms with Gasteiger partial charge in [0.05, 0.1) is 6.42 Å². The number of aliphatic carboxylic acids is 1. The SMILES string of the molecule is CCC/C(=C\CC(=O)O)c1ccc(C)cc1. The third-order valence-corrected chi connectivity index (χ3v) is 2.46. The number of carboxylic acids is 1. The van der Waals surface area contributed by atoms with Gasteiger partial charge in [0.15, 0.2) is 0 Å². The van der Waals surface area contributed by atoms with Gasteiger partial charge in [-0.25, -0.2) is 0 Å². The van der Waals surface area contributed by atoms with E-state index in [2.05, 4.69) is 31.2 Å². The molecule has 2 nitrogen and oxygen atoms in total. The molecular formula is C14H18O2. The molecule has 0 amide bonds. The molecule has 0 atom stereocenters. The fraction of sp³-hybridized carbons (Fsp3) is 0.357. The summed E-state index contributed by atoms with van der Waals surface area (Å²) in [5.74, 6) is -0.777. The number of aryl methyl sites for hydroxylation is 1. The minimum atomic E-state index is -0.777. The Hall–Kier alpha value is -1.57. The number of carbonyl (C=O) groups is 1. The highest BCUT2D eigenvalue weighted by Crippen LogP contribution is 2.20. The van der Waals surface area contributed by atoms with Crippen molar-refractivity contribution in [2.45, 2.75) is 33.1 Å². The fourth-order valence-electron chi connectivity index (χ4n) is 1.61. The first-order valence-electron chi connectivity index (χ1n) is 5.61. The van der Waals surface area contributed by atoms with Crippen molar-refractivity contribution in [2.24, 2.45) is 0 Å². The first-order chi connectivity index (χ1) is 7.63. The molecule has 0 aliphatic rings. The third-order valence-electron chi connectivity index (χ3n) is 2.46. The van der Waals surface area contributed by atoms with Gasteiger partial charge in [0.25, 0.3) is 0 Å². The molecule has 16 heavy (non-hydrogen) atoms. The van der Waals surface area contributed by atoms with E-state index in [1.54, 1.807) is 0 Å². The van der Waals surface area contributed by atoms with E-state index >= 15 is 0 Å². The zero-order valence-electron chi connectivity index (χ0n) is 9.86. The van der Waals surface area contributed by atoms with E-state index in [1.165, 1.54) is 5.56 Å². The van der Waals surface area contributed by atoms with Crippen molar-refractivity contribution >= 4 is 11.5 Å². The lowest BCUT2D eigenvalue weighted by atomic mass is 9.99. The van der Waals surface area contributed by atoms with Crippen LogP contribution in [0.2, 0.25) is 0 Å². The average Bonchev–Trinajstić information content (AvgIpc) is 2.25. The minimum absolute atomic E-state index is 0.100. The van der Waals surface area contributed by atoms with Crippen molar-refractivity contribution < 1.29 is 9.90 Å². The van der Waals surface area contributed by atoms with Gasteiger partial charge in [0.2, 0.25) is 0 Å². The van der Waals surface area contributed by atoms with Gasteiger partial charge >= 0.3 is 5.97 Å². The van der Waals surface area contributed by atoms with Crippen molar-refractivity contribution in [2.75, 3.05) is 0 Å². The number of carboxylic acid groups (broad SMARTS) is 1. The molecule has 2 heteroatoms. The number of hydrogen-bond acceptors (Lipinski definition) is 1. The Morgan fingerprint density at radius 2 is 1.94 bits per heavy atom. The van der Waals surface area contributed by atoms with Crippen LogP contribution in [0.25, 0.3) is 5.57 Å². The molecule has 0 aliphatic heterocycles. The summed E-state index contributed by atoms with van der Waals surface area (Å²) in [5.41, 5.74) is 3.48. The van der Waals surface area contributed by atoms with Crippen LogP contribution in [-0.4, -0.2) is 11.1 Å². The lowest BCUT2D eigenvalue weighted by Crippen LogP contribution is -1.93. The molecule has 0 heterocycles. The first kappa shape index (κ1) is 12.5. The summed E-state index contributed by atoms with van der Waals surface area (Å²) in [6.07, 6.45) is 3.87. The van der Waals surface area contributed by atoms with E-state index in [1.807, 2.05) is 13.0 Å². The van der Waals surface area contributed by atoms with E-state index in [0.29, 0.717) is 0 Å². The van der Waals surface area contributed by atoms with E-state index < -0.39 is 5.97 Å². The van der Waals surface area contributed by atoms with Gasteiger partial charge in [0.1, 0.15) is 0 Å². The van der Waals surface area contributed by atoms with Crippen molar-refractivity contribution in [3.05, 3.63) is 41.5 Å². The predicted molar refractivity (Wildman–Crippen MR) is 66.3 cm³/mol. The maximum Gasteiger partial charge on any atom is 0.307 e. The van der Waals surface area contributed by atoms with E-state index in [0.717, 1.165) is 24.0 Å². The van der Waals surface area contributed by atoms with Crippen LogP contribution in [0.15, 0.2) is 30.3 Å². The molecule has 0 spiro atoms. The summed E-state index contributed by atoms with van der Waals surface area (Å²) in [6, 6.07) is 8.22. The predicted octanol–water partition coefficient (Wildman–Crippen LogP) is 3.65. The summed E-state index contributed by atoms with van der Waals surface area (Å²) in [5, 5.41) is 8.68. The highest BCUT2D eigenvalue weighted by Gasteiger charge is 2.01. The highest BCUT2D eigenvalue weighted by molar-refractivity contribution is 5.74. The number of hydrogen-bond donors (Lipinski definition) is 1. The lowest BCUT2D eigenvalue weighted by molar-refractivity contribution is -0.135. The molecule has 0 aromatic heterocycles. The van der Waals surface area contributed by atoms with Crippen molar-refractivity contribution in [1.29, 1.82) is 0 Å². The van der Waals surface area contributed by atoms with Gasteiger partial charge in [-0.3, -0.25) is 4.79 Å². The second kappa shape index (κ2) is 6.11. The molecular weight excluding hydrogens is 200 g/mol. The monoisotopic (exact) mass is 218 g/mol. The minimum Gasteiger partial charge on any atom is -0.481 e. The van der Waals surface area contributed by atoms with E-state index in [9.17, 15) is 4.79 Å². The van der Waals surface area contributed by atoms with Gasteiger partial charge < -0.3 is 5.11 Å². The molecule has 0 radical (unpaired) electrons. The molecule has 86 valence electrons. The topological polar surface area (TPSA) is 37.3 Å². The molecule has 0 fully saturated rings. The van der Waals surface area contributed by atoms with Crippen molar-refractivity contribution in [1.82, 2.24) is 0 Å². The first-order valence-corrected chi connectivity index (χ1v) is 5.61. The maximum absolute atomic E-state index is 10.5. The smallest absolute Gasteiger partial charge is 0.307 e. The van der Waals surface area contributed by atoms with Crippen LogP contribution in [-0.2, 0) is 4.79 Å². The maximum atomic E-state index is 10.5. The van der Waals surface area contributed by atoms with Gasteiger partial charge in [-0.05, 0) is 24.5 Å². The summed E-state index contributed by atoms with van der Waals surface area (Å²) in [7, 11) is 0. The molecule has 0 bridgehead atoms. The van der Waals surface area contributed by atoms with Crippen LogP contribution in [0.1, 0.15) is 37.3 Å². The van der Waals surface area contributed by atoms with Crippen LogP contribution in [0, 0.1) is 6.92 Å². The zero-order valence-corrected chi connectivity index (χ0v) is 9.86.